The molecule has 1 aliphatic rings. The van der Waals surface area contributed by atoms with Gasteiger partial charge < -0.3 is 9.69 Å². The maximum Gasteiger partial charge on any atom is 0.391 e. The number of carbonyl (C=O) groups excluding carboxylic acids is 1. The van der Waals surface area contributed by atoms with E-state index >= 15 is 0 Å². The van der Waals surface area contributed by atoms with Gasteiger partial charge in [-0.1, -0.05) is 20.3 Å². The normalized spacial score (nSPS) is 22.7. The zero-order valence-electron chi connectivity index (χ0n) is 11.1. The molecule has 1 fully saturated rings. The van der Waals surface area contributed by atoms with Crippen molar-refractivity contribution in [3.8, 4) is 0 Å². The summed E-state index contributed by atoms with van der Waals surface area (Å²) in [7, 11) is 0. The van der Waals surface area contributed by atoms with Crippen LogP contribution in [0.3, 0.4) is 0 Å². The summed E-state index contributed by atoms with van der Waals surface area (Å²) in [6.07, 6.45) is -1.10. The Balaban J connectivity index is 2.46. The molecule has 0 aromatic rings. The Morgan fingerprint density at radius 3 is 2.22 bits per heavy atom. The van der Waals surface area contributed by atoms with Crippen LogP contribution < -0.4 is 0 Å². The first kappa shape index (κ1) is 15.5. The average Bonchev–Trinajstić information content (AvgIpc) is 2.29. The smallest absolute Gasteiger partial charge is 0.303 e. The predicted molar refractivity (Wildman–Crippen MR) is 64.3 cm³/mol. The highest BCUT2D eigenvalue weighted by Crippen LogP contribution is 2.35. The number of alkyl halides is 3. The molecule has 0 bridgehead atoms. The number of nitrogens with zero attached hydrogens (tertiary/aromatic N) is 1. The second-order valence-electron chi connectivity index (χ2n) is 5.61. The fourth-order valence-corrected chi connectivity index (χ4v) is 2.68. The lowest BCUT2D eigenvalue weighted by molar-refractivity contribution is -0.185. The number of rotatable bonds is 5. The molecule has 0 radical (unpaired) electrons. The summed E-state index contributed by atoms with van der Waals surface area (Å²) in [5, 5.41) is 0. The van der Waals surface area contributed by atoms with E-state index in [-0.39, 0.29) is 12.8 Å². The Kier molecular flexibility index (Phi) is 5.20. The molecule has 1 aliphatic heterocycles. The van der Waals surface area contributed by atoms with E-state index in [0.717, 1.165) is 19.1 Å². The van der Waals surface area contributed by atoms with E-state index in [2.05, 4.69) is 0 Å². The van der Waals surface area contributed by atoms with Crippen LogP contribution in [0.2, 0.25) is 0 Å². The zero-order chi connectivity index (χ0) is 13.8. The number of halogens is 3. The summed E-state index contributed by atoms with van der Waals surface area (Å²) in [6, 6.07) is 0. The lowest BCUT2D eigenvalue weighted by Gasteiger charge is -2.37. The summed E-state index contributed by atoms with van der Waals surface area (Å²) >= 11 is 0. The minimum absolute atomic E-state index is 0.157. The zero-order valence-corrected chi connectivity index (χ0v) is 11.1. The highest BCUT2D eigenvalue weighted by Gasteiger charge is 2.41. The van der Waals surface area contributed by atoms with Crippen molar-refractivity contribution in [1.82, 2.24) is 4.90 Å². The molecule has 1 atom stereocenters. The highest BCUT2D eigenvalue weighted by atomic mass is 19.4. The van der Waals surface area contributed by atoms with Crippen LogP contribution in [0.15, 0.2) is 0 Å². The van der Waals surface area contributed by atoms with Crippen molar-refractivity contribution in [2.45, 2.75) is 45.7 Å². The number of hydrogen-bond acceptors (Lipinski definition) is 2. The molecule has 5 heteroatoms. The molecule has 0 N–H and O–H groups in total. The van der Waals surface area contributed by atoms with Gasteiger partial charge in [0.1, 0.15) is 6.29 Å². The summed E-state index contributed by atoms with van der Waals surface area (Å²) in [4.78, 5) is 13.1. The largest absolute Gasteiger partial charge is 0.391 e. The Morgan fingerprint density at radius 1 is 1.28 bits per heavy atom. The minimum Gasteiger partial charge on any atom is -0.303 e. The van der Waals surface area contributed by atoms with Gasteiger partial charge in [-0.2, -0.15) is 13.2 Å². The van der Waals surface area contributed by atoms with Crippen molar-refractivity contribution in [2.24, 2.45) is 11.3 Å². The van der Waals surface area contributed by atoms with Gasteiger partial charge in [0.2, 0.25) is 0 Å². The first-order valence-corrected chi connectivity index (χ1v) is 6.56. The van der Waals surface area contributed by atoms with Crippen molar-refractivity contribution in [1.29, 1.82) is 0 Å². The number of carbonyl (C=O) groups is 1. The van der Waals surface area contributed by atoms with Gasteiger partial charge in [-0.15, -0.1) is 0 Å². The summed E-state index contributed by atoms with van der Waals surface area (Å²) in [6.45, 7) is 5.36. The standard InChI is InChI=1S/C13H22F3NO/c1-3-6-12(2,10-18)9-17-7-4-11(5-8-17)13(14,15)16/h10-11H,3-9H2,1-2H3. The molecule has 0 aromatic carbocycles. The molecule has 0 spiro atoms. The molecule has 1 rings (SSSR count). The second kappa shape index (κ2) is 6.04. The van der Waals surface area contributed by atoms with Crippen molar-refractivity contribution >= 4 is 6.29 Å². The molecule has 1 heterocycles. The Labute approximate surface area is 107 Å². The average molecular weight is 265 g/mol. The maximum absolute atomic E-state index is 12.5. The number of hydrogen-bond donors (Lipinski definition) is 0. The van der Waals surface area contributed by atoms with Crippen LogP contribution in [-0.4, -0.2) is 37.0 Å². The van der Waals surface area contributed by atoms with E-state index < -0.39 is 17.5 Å². The van der Waals surface area contributed by atoms with E-state index in [1.165, 1.54) is 0 Å². The lowest BCUT2D eigenvalue weighted by Crippen LogP contribution is -2.44. The van der Waals surface area contributed by atoms with Crippen molar-refractivity contribution < 1.29 is 18.0 Å². The summed E-state index contributed by atoms with van der Waals surface area (Å²) in [5.41, 5.74) is -0.417. The predicted octanol–water partition coefficient (Wildman–Crippen LogP) is 3.27. The van der Waals surface area contributed by atoms with Gasteiger partial charge in [0.25, 0.3) is 0 Å². The van der Waals surface area contributed by atoms with Crippen LogP contribution in [0.1, 0.15) is 39.5 Å². The molecule has 0 aliphatic carbocycles. The molecule has 0 amide bonds. The lowest BCUT2D eigenvalue weighted by atomic mass is 9.85. The van der Waals surface area contributed by atoms with Gasteiger partial charge in [-0.05, 0) is 32.4 Å². The van der Waals surface area contributed by atoms with Gasteiger partial charge >= 0.3 is 6.18 Å². The molecule has 2 nitrogen and oxygen atoms in total. The molecule has 1 saturated heterocycles. The number of piperidine rings is 1. The summed E-state index contributed by atoms with van der Waals surface area (Å²) in [5.74, 6) is -1.16. The fraction of sp³-hybridized carbons (Fsp3) is 0.923. The molecule has 18 heavy (non-hydrogen) atoms. The van der Waals surface area contributed by atoms with Crippen LogP contribution in [0, 0.1) is 11.3 Å². The van der Waals surface area contributed by atoms with E-state index in [0.29, 0.717) is 19.6 Å². The monoisotopic (exact) mass is 265 g/mol. The van der Waals surface area contributed by atoms with Crippen molar-refractivity contribution in [3.63, 3.8) is 0 Å². The van der Waals surface area contributed by atoms with Crippen LogP contribution in [0.25, 0.3) is 0 Å². The topological polar surface area (TPSA) is 20.3 Å². The van der Waals surface area contributed by atoms with Crippen LogP contribution in [0.4, 0.5) is 13.2 Å². The van der Waals surface area contributed by atoms with Gasteiger partial charge in [-0.3, -0.25) is 0 Å². The quantitative estimate of drug-likeness (QED) is 0.711. The van der Waals surface area contributed by atoms with Gasteiger partial charge in [0.15, 0.2) is 0 Å². The fourth-order valence-electron chi connectivity index (χ4n) is 2.68. The molecular weight excluding hydrogens is 243 g/mol. The Bertz CT molecular complexity index is 272. The van der Waals surface area contributed by atoms with Crippen molar-refractivity contribution in [2.75, 3.05) is 19.6 Å². The number of likely N-dealkylation sites (tertiary alicyclic amines) is 1. The summed E-state index contributed by atoms with van der Waals surface area (Å²) < 4.78 is 37.6. The first-order valence-electron chi connectivity index (χ1n) is 6.56. The highest BCUT2D eigenvalue weighted by molar-refractivity contribution is 5.59. The molecule has 1 unspecified atom stereocenters. The Hall–Kier alpha value is -0.580. The van der Waals surface area contributed by atoms with Gasteiger partial charge in [0, 0.05) is 12.0 Å². The minimum atomic E-state index is -4.07. The number of aldehydes is 1. The third-order valence-electron chi connectivity index (χ3n) is 3.74. The van der Waals surface area contributed by atoms with E-state index in [4.69, 9.17) is 0 Å². The van der Waals surface area contributed by atoms with Gasteiger partial charge in [0.05, 0.1) is 5.92 Å². The third-order valence-corrected chi connectivity index (χ3v) is 3.74. The third kappa shape index (κ3) is 4.26. The second-order valence-corrected chi connectivity index (χ2v) is 5.61. The van der Waals surface area contributed by atoms with Crippen LogP contribution >= 0.6 is 0 Å². The molecule has 0 saturated carbocycles. The molecule has 0 aromatic heterocycles. The van der Waals surface area contributed by atoms with E-state index in [1.54, 1.807) is 0 Å². The molecule has 106 valence electrons. The SMILES string of the molecule is CCCC(C)(C=O)CN1CCC(C(F)(F)F)CC1. The van der Waals surface area contributed by atoms with Crippen LogP contribution in [0.5, 0.6) is 0 Å². The van der Waals surface area contributed by atoms with E-state index in [9.17, 15) is 18.0 Å². The van der Waals surface area contributed by atoms with Crippen molar-refractivity contribution in [3.05, 3.63) is 0 Å². The maximum atomic E-state index is 12.5. The molecular formula is C13H22F3NO. The Morgan fingerprint density at radius 2 is 1.83 bits per heavy atom. The van der Waals surface area contributed by atoms with Crippen LogP contribution in [-0.2, 0) is 4.79 Å². The van der Waals surface area contributed by atoms with E-state index in [1.807, 2.05) is 18.7 Å². The van der Waals surface area contributed by atoms with Gasteiger partial charge in [-0.25, -0.2) is 0 Å². The first-order chi connectivity index (χ1) is 8.30.